The number of hydrogen-bond acceptors (Lipinski definition) is 4. The van der Waals surface area contributed by atoms with Crippen LogP contribution in [0.3, 0.4) is 0 Å². The Labute approximate surface area is 170 Å². The van der Waals surface area contributed by atoms with E-state index in [2.05, 4.69) is 46.7 Å². The van der Waals surface area contributed by atoms with Gasteiger partial charge in [-0.1, -0.05) is 66.7 Å². The van der Waals surface area contributed by atoms with Crippen LogP contribution in [0.1, 0.15) is 5.56 Å². The zero-order valence-corrected chi connectivity index (χ0v) is 16.5. The number of hydrogen-bond donors (Lipinski definition) is 2. The van der Waals surface area contributed by atoms with Gasteiger partial charge in [-0.3, -0.25) is 0 Å². The van der Waals surface area contributed by atoms with Crippen molar-refractivity contribution in [3.05, 3.63) is 84.6 Å². The second-order valence-electron chi connectivity index (χ2n) is 6.79. The number of rotatable bonds is 6. The maximum absolute atomic E-state index is 10.2. The lowest BCUT2D eigenvalue weighted by molar-refractivity contribution is 0.371. The van der Waals surface area contributed by atoms with Gasteiger partial charge in [0.25, 0.3) is 0 Å². The first kappa shape index (κ1) is 18.6. The second-order valence-corrected chi connectivity index (χ2v) is 6.79. The number of methoxy groups -OCH3 is 1. The molecule has 146 valence electrons. The summed E-state index contributed by atoms with van der Waals surface area (Å²) in [6, 6.07) is 24.2. The minimum atomic E-state index is 0.147. The lowest BCUT2D eigenvalue weighted by atomic mass is 10.0. The molecule has 1 aromatic heterocycles. The average Bonchev–Trinajstić information content (AvgIpc) is 3.14. The van der Waals surface area contributed by atoms with E-state index >= 15 is 0 Å². The van der Waals surface area contributed by atoms with E-state index in [4.69, 9.17) is 4.74 Å². The Bertz CT molecular complexity index is 1100. The minimum absolute atomic E-state index is 0.147. The Morgan fingerprint density at radius 1 is 0.897 bits per heavy atom. The molecule has 29 heavy (non-hydrogen) atoms. The van der Waals surface area contributed by atoms with E-state index in [-0.39, 0.29) is 5.75 Å². The fourth-order valence-electron chi connectivity index (χ4n) is 3.36. The molecule has 2 N–H and O–H groups in total. The first-order valence-corrected chi connectivity index (χ1v) is 9.43. The van der Waals surface area contributed by atoms with Gasteiger partial charge in [0.2, 0.25) is 5.95 Å². The molecule has 0 aliphatic heterocycles. The number of ether oxygens (including phenoxy) is 1. The van der Waals surface area contributed by atoms with Crippen molar-refractivity contribution < 1.29 is 9.84 Å². The molecule has 1 heterocycles. The van der Waals surface area contributed by atoms with Crippen LogP contribution in [0.25, 0.3) is 22.4 Å². The second kappa shape index (κ2) is 8.10. The molecule has 5 nitrogen and oxygen atoms in total. The van der Waals surface area contributed by atoms with Crippen molar-refractivity contribution in [2.75, 3.05) is 12.4 Å². The summed E-state index contributed by atoms with van der Waals surface area (Å²) in [5.41, 5.74) is 5.24. The summed E-state index contributed by atoms with van der Waals surface area (Å²) in [6.45, 7) is 0.445. The van der Waals surface area contributed by atoms with Crippen molar-refractivity contribution in [3.63, 3.8) is 0 Å². The topological polar surface area (TPSA) is 59.3 Å². The lowest BCUT2D eigenvalue weighted by Gasteiger charge is -2.11. The van der Waals surface area contributed by atoms with Crippen molar-refractivity contribution in [1.82, 2.24) is 9.55 Å². The molecule has 5 heteroatoms. The van der Waals surface area contributed by atoms with Gasteiger partial charge in [-0.05, 0) is 22.8 Å². The van der Waals surface area contributed by atoms with Crippen molar-refractivity contribution >= 4 is 5.95 Å². The third-order valence-electron chi connectivity index (χ3n) is 5.02. The Morgan fingerprint density at radius 2 is 1.59 bits per heavy atom. The predicted molar refractivity (Wildman–Crippen MR) is 116 cm³/mol. The van der Waals surface area contributed by atoms with Gasteiger partial charge in [0.15, 0.2) is 11.5 Å². The van der Waals surface area contributed by atoms with E-state index in [9.17, 15) is 5.11 Å². The number of aromatic nitrogens is 2. The smallest absolute Gasteiger partial charge is 0.203 e. The van der Waals surface area contributed by atoms with Crippen molar-refractivity contribution in [1.29, 1.82) is 0 Å². The monoisotopic (exact) mass is 385 g/mol. The zero-order chi connectivity index (χ0) is 20.2. The van der Waals surface area contributed by atoms with E-state index < -0.39 is 0 Å². The highest BCUT2D eigenvalue weighted by atomic mass is 16.5. The molecule has 0 fully saturated rings. The number of aromatic hydroxyl groups is 1. The highest BCUT2D eigenvalue weighted by molar-refractivity contribution is 5.69. The maximum Gasteiger partial charge on any atom is 0.203 e. The molecule has 4 aromatic rings. The average molecular weight is 385 g/mol. The van der Waals surface area contributed by atoms with Crippen LogP contribution in [0.5, 0.6) is 11.5 Å². The minimum Gasteiger partial charge on any atom is -0.504 e. The molecule has 4 rings (SSSR count). The normalized spacial score (nSPS) is 10.7. The molecule has 0 unspecified atom stereocenters. The molecule has 0 radical (unpaired) electrons. The first-order valence-electron chi connectivity index (χ1n) is 9.43. The van der Waals surface area contributed by atoms with Crippen molar-refractivity contribution in [3.8, 4) is 33.9 Å². The fourth-order valence-corrected chi connectivity index (χ4v) is 3.36. The van der Waals surface area contributed by atoms with E-state index in [0.29, 0.717) is 12.3 Å². The summed E-state index contributed by atoms with van der Waals surface area (Å²) in [5, 5.41) is 13.5. The SMILES string of the molecule is COc1cccc(CNc2ncc(-c3ccc(-c4ccccc4)cc3)n2C)c1O. The molecule has 0 aliphatic carbocycles. The Kier molecular flexibility index (Phi) is 5.20. The standard InChI is InChI=1S/C24H23N3O2/c1-27-21(19-13-11-18(12-14-19)17-7-4-3-5-8-17)16-26-24(27)25-15-20-9-6-10-22(29-2)23(20)28/h3-14,16,28H,15H2,1-2H3,(H,25,26). The van der Waals surface area contributed by atoms with Crippen LogP contribution in [-0.4, -0.2) is 21.8 Å². The zero-order valence-electron chi connectivity index (χ0n) is 16.5. The van der Waals surface area contributed by atoms with Gasteiger partial charge < -0.3 is 19.7 Å². The molecular weight excluding hydrogens is 362 g/mol. The van der Waals surface area contributed by atoms with Crippen molar-refractivity contribution in [2.45, 2.75) is 6.54 Å². The quantitative estimate of drug-likeness (QED) is 0.486. The van der Waals surface area contributed by atoms with Crippen LogP contribution in [0.15, 0.2) is 79.0 Å². The summed E-state index contributed by atoms with van der Waals surface area (Å²) in [4.78, 5) is 4.50. The Hall–Kier alpha value is -3.73. The van der Waals surface area contributed by atoms with Gasteiger partial charge in [-0.15, -0.1) is 0 Å². The summed E-state index contributed by atoms with van der Waals surface area (Å²) in [7, 11) is 3.52. The van der Waals surface area contributed by atoms with E-state index in [0.717, 1.165) is 22.8 Å². The van der Waals surface area contributed by atoms with Crippen LogP contribution < -0.4 is 10.1 Å². The molecule has 0 saturated heterocycles. The molecule has 0 spiro atoms. The van der Waals surface area contributed by atoms with E-state index in [1.54, 1.807) is 13.2 Å². The summed E-state index contributed by atoms with van der Waals surface area (Å²) in [6.07, 6.45) is 1.85. The molecule has 0 bridgehead atoms. The molecule has 0 saturated carbocycles. The summed E-state index contributed by atoms with van der Waals surface area (Å²) in [5.74, 6) is 1.34. The number of imidazole rings is 1. The third kappa shape index (κ3) is 3.80. The molecule has 0 atom stereocenters. The van der Waals surface area contributed by atoms with Gasteiger partial charge >= 0.3 is 0 Å². The summed E-state index contributed by atoms with van der Waals surface area (Å²) < 4.78 is 7.17. The van der Waals surface area contributed by atoms with Gasteiger partial charge in [-0.2, -0.15) is 0 Å². The number of phenolic OH excluding ortho intramolecular Hbond substituents is 1. The van der Waals surface area contributed by atoms with Crippen LogP contribution in [0.4, 0.5) is 5.95 Å². The van der Waals surface area contributed by atoms with Crippen LogP contribution in [0.2, 0.25) is 0 Å². The third-order valence-corrected chi connectivity index (χ3v) is 5.02. The van der Waals surface area contributed by atoms with Gasteiger partial charge in [0.1, 0.15) is 0 Å². The van der Waals surface area contributed by atoms with Gasteiger partial charge in [0, 0.05) is 19.2 Å². The Balaban J connectivity index is 1.52. The number of anilines is 1. The van der Waals surface area contributed by atoms with Gasteiger partial charge in [-0.25, -0.2) is 4.98 Å². The van der Waals surface area contributed by atoms with Crippen molar-refractivity contribution in [2.24, 2.45) is 7.05 Å². The molecular formula is C24H23N3O2. The van der Waals surface area contributed by atoms with Crippen LogP contribution in [0, 0.1) is 0 Å². The number of benzene rings is 3. The van der Waals surface area contributed by atoms with E-state index in [1.807, 2.05) is 48.1 Å². The highest BCUT2D eigenvalue weighted by Crippen LogP contribution is 2.30. The summed E-state index contributed by atoms with van der Waals surface area (Å²) >= 11 is 0. The van der Waals surface area contributed by atoms with Crippen LogP contribution >= 0.6 is 0 Å². The lowest BCUT2D eigenvalue weighted by Crippen LogP contribution is -2.06. The number of nitrogens with one attached hydrogen (secondary N) is 1. The Morgan fingerprint density at radius 3 is 2.31 bits per heavy atom. The number of phenols is 1. The predicted octanol–water partition coefficient (Wildman–Crippen LogP) is 5.08. The van der Waals surface area contributed by atoms with Crippen LogP contribution in [-0.2, 0) is 13.6 Å². The number of nitrogens with zero attached hydrogens (tertiary/aromatic N) is 2. The molecule has 0 amide bonds. The maximum atomic E-state index is 10.2. The number of para-hydroxylation sites is 1. The molecule has 3 aromatic carbocycles. The largest absolute Gasteiger partial charge is 0.504 e. The first-order chi connectivity index (χ1) is 14.2. The fraction of sp³-hybridized carbons (Fsp3) is 0.125. The van der Waals surface area contributed by atoms with Gasteiger partial charge in [0.05, 0.1) is 19.0 Å². The highest BCUT2D eigenvalue weighted by Gasteiger charge is 2.11. The molecule has 0 aliphatic rings. The van der Waals surface area contributed by atoms with E-state index in [1.165, 1.54) is 11.1 Å².